The lowest BCUT2D eigenvalue weighted by Crippen LogP contribution is -2.41. The summed E-state index contributed by atoms with van der Waals surface area (Å²) in [7, 11) is -3.81. The van der Waals surface area contributed by atoms with Crippen LogP contribution in [0.1, 0.15) is 42.2 Å². The maximum atomic E-state index is 12.2. The quantitative estimate of drug-likeness (QED) is 0.652. The van der Waals surface area contributed by atoms with Gasteiger partial charge in [-0.15, -0.1) is 4.83 Å². The average molecular weight is 400 g/mol. The van der Waals surface area contributed by atoms with E-state index in [-0.39, 0.29) is 10.6 Å². The number of aromatic nitrogens is 1. The monoisotopic (exact) mass is 399 g/mol. The van der Waals surface area contributed by atoms with Gasteiger partial charge in [-0.1, -0.05) is 26.0 Å². The van der Waals surface area contributed by atoms with Crippen molar-refractivity contribution in [2.75, 3.05) is 0 Å². The zero-order valence-corrected chi connectivity index (χ0v) is 15.2. The Morgan fingerprint density at radius 3 is 2.48 bits per heavy atom. The highest BCUT2D eigenvalue weighted by molar-refractivity contribution is 9.10. The van der Waals surface area contributed by atoms with E-state index < -0.39 is 15.9 Å². The predicted molar refractivity (Wildman–Crippen MR) is 91.4 cm³/mol. The van der Waals surface area contributed by atoms with E-state index in [0.29, 0.717) is 10.4 Å². The highest BCUT2D eigenvalue weighted by Gasteiger charge is 2.16. The van der Waals surface area contributed by atoms with Crippen LogP contribution in [0, 0.1) is 0 Å². The Bertz CT molecular complexity index is 785. The number of sulfonamides is 1. The first kappa shape index (κ1) is 17.7. The van der Waals surface area contributed by atoms with Gasteiger partial charge in [-0.05, 0) is 52.0 Å². The van der Waals surface area contributed by atoms with E-state index in [1.165, 1.54) is 12.1 Å². The van der Waals surface area contributed by atoms with Gasteiger partial charge in [0.15, 0.2) is 0 Å². The summed E-state index contributed by atoms with van der Waals surface area (Å²) in [4.78, 5) is 16.7. The Kier molecular flexibility index (Phi) is 5.61. The maximum absolute atomic E-state index is 12.2. The summed E-state index contributed by atoms with van der Waals surface area (Å²) in [6.45, 7) is 4.15. The molecule has 2 aromatic rings. The molecule has 1 aromatic carbocycles. The van der Waals surface area contributed by atoms with Crippen molar-refractivity contribution in [1.82, 2.24) is 15.2 Å². The third-order valence-corrected chi connectivity index (χ3v) is 5.28. The highest BCUT2D eigenvalue weighted by atomic mass is 79.9. The summed E-state index contributed by atoms with van der Waals surface area (Å²) in [5.41, 5.74) is 3.49. The minimum absolute atomic E-state index is 0.0949. The number of hydrogen-bond donors (Lipinski definition) is 3. The van der Waals surface area contributed by atoms with Gasteiger partial charge in [0.05, 0.1) is 4.90 Å². The number of hydrazine groups is 1. The van der Waals surface area contributed by atoms with Gasteiger partial charge in [0.25, 0.3) is 15.9 Å². The largest absolute Gasteiger partial charge is 0.356 e. The number of rotatable bonds is 6. The van der Waals surface area contributed by atoms with E-state index in [1.807, 2.05) is 0 Å². The third kappa shape index (κ3) is 4.43. The van der Waals surface area contributed by atoms with Crippen LogP contribution in [0.3, 0.4) is 0 Å². The second-order valence-electron chi connectivity index (χ2n) is 5.17. The average Bonchev–Trinajstić information content (AvgIpc) is 2.98. The van der Waals surface area contributed by atoms with Crippen LogP contribution in [0.4, 0.5) is 0 Å². The van der Waals surface area contributed by atoms with E-state index in [2.05, 4.69) is 45.0 Å². The van der Waals surface area contributed by atoms with Gasteiger partial charge in [0.1, 0.15) is 5.69 Å². The number of carbonyl (C=O) groups is 1. The molecule has 0 saturated heterocycles. The molecule has 1 heterocycles. The van der Waals surface area contributed by atoms with Crippen LogP contribution < -0.4 is 10.3 Å². The smallest absolute Gasteiger partial charge is 0.282 e. The normalized spacial score (nSPS) is 12.8. The number of H-pyrrole nitrogens is 1. The number of hydrogen-bond acceptors (Lipinski definition) is 3. The van der Waals surface area contributed by atoms with Crippen molar-refractivity contribution in [3.63, 3.8) is 0 Å². The first-order valence-electron chi connectivity index (χ1n) is 7.09. The summed E-state index contributed by atoms with van der Waals surface area (Å²) in [6, 6.07) is 8.17. The molecule has 0 unspecified atom stereocenters. The molecule has 0 aliphatic carbocycles. The number of carbonyl (C=O) groups excluding carboxylic acids is 1. The first-order valence-corrected chi connectivity index (χ1v) is 9.37. The summed E-state index contributed by atoms with van der Waals surface area (Å²) in [5.74, 6) is -0.207. The number of halogens is 1. The summed E-state index contributed by atoms with van der Waals surface area (Å²) >= 11 is 3.20. The van der Waals surface area contributed by atoms with Gasteiger partial charge in [-0.3, -0.25) is 10.2 Å². The molecule has 0 saturated carbocycles. The molecule has 1 aromatic heterocycles. The fraction of sp³-hybridized carbons (Fsp3) is 0.267. The van der Waals surface area contributed by atoms with Crippen LogP contribution in [-0.4, -0.2) is 19.3 Å². The molecule has 0 fully saturated rings. The molecule has 3 N–H and O–H groups in total. The molecule has 0 radical (unpaired) electrons. The molecule has 0 spiro atoms. The second-order valence-corrected chi connectivity index (χ2v) is 7.77. The predicted octanol–water partition coefficient (Wildman–Crippen LogP) is 2.91. The van der Waals surface area contributed by atoms with E-state index in [1.54, 1.807) is 24.4 Å². The first-order chi connectivity index (χ1) is 10.8. The zero-order valence-electron chi connectivity index (χ0n) is 12.8. The number of amides is 1. The van der Waals surface area contributed by atoms with Crippen LogP contribution in [0.5, 0.6) is 0 Å². The van der Waals surface area contributed by atoms with Crippen LogP contribution in [-0.2, 0) is 10.0 Å². The fourth-order valence-corrected chi connectivity index (χ4v) is 3.13. The van der Waals surface area contributed by atoms with Gasteiger partial charge in [0.2, 0.25) is 0 Å². The molecule has 8 heteroatoms. The Balaban J connectivity index is 2.05. The van der Waals surface area contributed by atoms with Crippen molar-refractivity contribution in [3.8, 4) is 0 Å². The topological polar surface area (TPSA) is 91.1 Å². The molecule has 0 bridgehead atoms. The summed E-state index contributed by atoms with van der Waals surface area (Å²) in [6.07, 6.45) is 2.56. The Morgan fingerprint density at radius 1 is 1.30 bits per heavy atom. The molecular weight excluding hydrogens is 382 g/mol. The maximum Gasteiger partial charge on any atom is 0.282 e. The Hall–Kier alpha value is -1.64. The van der Waals surface area contributed by atoms with E-state index in [0.717, 1.165) is 12.0 Å². The van der Waals surface area contributed by atoms with Crippen LogP contribution in [0.2, 0.25) is 0 Å². The SMILES string of the molecule is CC[C@H](C)c1ccc(S(=O)(=O)NNC(=O)c2cc(Br)c[nH]2)cc1. The molecule has 23 heavy (non-hydrogen) atoms. The molecule has 1 atom stereocenters. The lowest BCUT2D eigenvalue weighted by Gasteiger charge is -2.11. The Morgan fingerprint density at radius 2 is 1.96 bits per heavy atom. The molecular formula is C15H18BrN3O3S. The Labute approximate surface area is 143 Å². The zero-order chi connectivity index (χ0) is 17.0. The van der Waals surface area contributed by atoms with Crippen molar-refractivity contribution in [3.05, 3.63) is 52.3 Å². The standard InChI is InChI=1S/C15H18BrN3O3S/c1-3-10(2)11-4-6-13(7-5-11)23(21,22)19-18-15(20)14-8-12(16)9-17-14/h4-10,17,19H,3H2,1-2H3,(H,18,20)/t10-/m0/s1. The number of benzene rings is 1. The van der Waals surface area contributed by atoms with Crippen LogP contribution in [0.15, 0.2) is 45.9 Å². The summed E-state index contributed by atoms with van der Waals surface area (Å²) < 4.78 is 25.1. The minimum atomic E-state index is -3.81. The molecule has 6 nitrogen and oxygen atoms in total. The number of nitrogens with one attached hydrogen (secondary N) is 3. The van der Waals surface area contributed by atoms with Gasteiger partial charge in [-0.25, -0.2) is 8.42 Å². The van der Waals surface area contributed by atoms with E-state index >= 15 is 0 Å². The van der Waals surface area contributed by atoms with Gasteiger partial charge in [-0.2, -0.15) is 0 Å². The molecule has 2 rings (SSSR count). The lowest BCUT2D eigenvalue weighted by molar-refractivity contribution is 0.0940. The van der Waals surface area contributed by atoms with Gasteiger partial charge < -0.3 is 4.98 Å². The van der Waals surface area contributed by atoms with E-state index in [9.17, 15) is 13.2 Å². The lowest BCUT2D eigenvalue weighted by atomic mass is 9.99. The van der Waals surface area contributed by atoms with Gasteiger partial charge >= 0.3 is 0 Å². The molecule has 1 amide bonds. The molecule has 0 aliphatic heterocycles. The van der Waals surface area contributed by atoms with Gasteiger partial charge in [0, 0.05) is 10.7 Å². The molecule has 124 valence electrons. The third-order valence-electron chi connectivity index (χ3n) is 3.56. The summed E-state index contributed by atoms with van der Waals surface area (Å²) in [5, 5.41) is 0. The fourth-order valence-electron chi connectivity index (χ4n) is 1.95. The van der Waals surface area contributed by atoms with Crippen molar-refractivity contribution < 1.29 is 13.2 Å². The van der Waals surface area contributed by atoms with Crippen LogP contribution in [0.25, 0.3) is 0 Å². The molecule has 0 aliphatic rings. The van der Waals surface area contributed by atoms with Crippen molar-refractivity contribution >= 4 is 31.9 Å². The van der Waals surface area contributed by atoms with E-state index in [4.69, 9.17) is 0 Å². The van der Waals surface area contributed by atoms with Crippen molar-refractivity contribution in [2.24, 2.45) is 0 Å². The highest BCUT2D eigenvalue weighted by Crippen LogP contribution is 2.20. The van der Waals surface area contributed by atoms with Crippen LogP contribution >= 0.6 is 15.9 Å². The minimum Gasteiger partial charge on any atom is -0.356 e. The number of aromatic amines is 1. The van der Waals surface area contributed by atoms with Crippen molar-refractivity contribution in [1.29, 1.82) is 0 Å². The van der Waals surface area contributed by atoms with Crippen molar-refractivity contribution in [2.45, 2.75) is 31.1 Å². The second kappa shape index (κ2) is 7.29.